The van der Waals surface area contributed by atoms with E-state index in [9.17, 15) is 0 Å². The second-order valence-corrected chi connectivity index (χ2v) is 4.92. The lowest BCUT2D eigenvalue weighted by Crippen LogP contribution is -1.91. The van der Waals surface area contributed by atoms with Crippen molar-refractivity contribution >= 4 is 10.9 Å². The van der Waals surface area contributed by atoms with Crippen LogP contribution >= 0.6 is 0 Å². The predicted octanol–water partition coefficient (Wildman–Crippen LogP) is 4.25. The number of aryl methyl sites for hydroxylation is 1. The molecule has 18 heavy (non-hydrogen) atoms. The zero-order chi connectivity index (χ0) is 12.7. The lowest BCUT2D eigenvalue weighted by molar-refractivity contribution is 0.388. The highest BCUT2D eigenvalue weighted by Crippen LogP contribution is 2.32. The van der Waals surface area contributed by atoms with Crippen LogP contribution in [0.5, 0.6) is 0 Å². The molecule has 3 rings (SSSR count). The first-order valence-electron chi connectivity index (χ1n) is 6.21. The summed E-state index contributed by atoms with van der Waals surface area (Å²) < 4.78 is 5.34. The summed E-state index contributed by atoms with van der Waals surface area (Å²) in [6.45, 7) is 6.21. The number of aromatic nitrogens is 2. The molecule has 3 aromatic rings. The van der Waals surface area contributed by atoms with E-state index in [4.69, 9.17) is 4.52 Å². The van der Waals surface area contributed by atoms with Crippen LogP contribution in [0.15, 0.2) is 34.9 Å². The molecule has 0 bridgehead atoms. The second-order valence-electron chi connectivity index (χ2n) is 4.92. The summed E-state index contributed by atoms with van der Waals surface area (Å²) in [4.78, 5) is 3.43. The van der Waals surface area contributed by atoms with Crippen molar-refractivity contribution in [1.29, 1.82) is 0 Å². The van der Waals surface area contributed by atoms with E-state index in [-0.39, 0.29) is 0 Å². The van der Waals surface area contributed by atoms with Crippen molar-refractivity contribution in [3.63, 3.8) is 0 Å². The van der Waals surface area contributed by atoms with Crippen LogP contribution in [0.4, 0.5) is 0 Å². The summed E-state index contributed by atoms with van der Waals surface area (Å²) in [5, 5.41) is 5.38. The molecule has 0 aliphatic carbocycles. The number of benzene rings is 1. The van der Waals surface area contributed by atoms with Crippen LogP contribution in [0.1, 0.15) is 31.2 Å². The molecule has 2 aromatic heterocycles. The van der Waals surface area contributed by atoms with Gasteiger partial charge < -0.3 is 9.51 Å². The third-order valence-corrected chi connectivity index (χ3v) is 3.24. The highest BCUT2D eigenvalue weighted by Gasteiger charge is 2.18. The number of H-pyrrole nitrogens is 1. The highest BCUT2D eigenvalue weighted by molar-refractivity contribution is 5.86. The van der Waals surface area contributed by atoms with Crippen LogP contribution in [-0.4, -0.2) is 10.1 Å². The van der Waals surface area contributed by atoms with Gasteiger partial charge >= 0.3 is 0 Å². The molecule has 0 spiro atoms. The van der Waals surface area contributed by atoms with Crippen molar-refractivity contribution in [2.75, 3.05) is 0 Å². The zero-order valence-electron chi connectivity index (χ0n) is 10.8. The first kappa shape index (κ1) is 11.1. The molecular weight excluding hydrogens is 224 g/mol. The van der Waals surface area contributed by atoms with Crippen LogP contribution < -0.4 is 0 Å². The van der Waals surface area contributed by atoms with Crippen LogP contribution in [0.2, 0.25) is 0 Å². The Morgan fingerprint density at radius 3 is 2.72 bits per heavy atom. The number of hydrogen-bond donors (Lipinski definition) is 1. The van der Waals surface area contributed by atoms with Gasteiger partial charge in [0.15, 0.2) is 0 Å². The van der Waals surface area contributed by atoms with Gasteiger partial charge in [0.2, 0.25) is 0 Å². The van der Waals surface area contributed by atoms with Gasteiger partial charge in [-0.2, -0.15) is 0 Å². The molecule has 0 amide bonds. The van der Waals surface area contributed by atoms with Gasteiger partial charge in [0.25, 0.3) is 0 Å². The predicted molar refractivity (Wildman–Crippen MR) is 72.6 cm³/mol. The fourth-order valence-electron chi connectivity index (χ4n) is 2.32. The van der Waals surface area contributed by atoms with Gasteiger partial charge in [0.05, 0.1) is 17.0 Å². The van der Waals surface area contributed by atoms with Crippen LogP contribution in [0.25, 0.3) is 22.2 Å². The van der Waals surface area contributed by atoms with Gasteiger partial charge in [-0.1, -0.05) is 37.2 Å². The number of fused-ring (bicyclic) bond motifs is 1. The van der Waals surface area contributed by atoms with Gasteiger partial charge in [-0.15, -0.1) is 0 Å². The minimum absolute atomic E-state index is 0.351. The molecule has 92 valence electrons. The minimum atomic E-state index is 0.351. The summed E-state index contributed by atoms with van der Waals surface area (Å²) in [6.07, 6.45) is 0. The highest BCUT2D eigenvalue weighted by atomic mass is 16.5. The topological polar surface area (TPSA) is 41.8 Å². The molecule has 3 heteroatoms. The average Bonchev–Trinajstić information content (AvgIpc) is 2.91. The Morgan fingerprint density at radius 2 is 2.00 bits per heavy atom. The van der Waals surface area contributed by atoms with Crippen molar-refractivity contribution < 1.29 is 4.52 Å². The molecule has 0 aliphatic heterocycles. The van der Waals surface area contributed by atoms with Crippen LogP contribution in [-0.2, 0) is 0 Å². The molecule has 0 unspecified atom stereocenters. The van der Waals surface area contributed by atoms with E-state index in [0.29, 0.717) is 5.92 Å². The summed E-state index contributed by atoms with van der Waals surface area (Å²) in [6, 6.07) is 10.4. The number of nitrogens with one attached hydrogen (secondary N) is 1. The van der Waals surface area contributed by atoms with Crippen molar-refractivity contribution in [2.45, 2.75) is 26.7 Å². The van der Waals surface area contributed by atoms with E-state index in [1.807, 2.05) is 19.1 Å². The number of nitrogens with zero attached hydrogens (tertiary/aromatic N) is 1. The zero-order valence-corrected chi connectivity index (χ0v) is 10.8. The molecule has 0 aliphatic rings. The Morgan fingerprint density at radius 1 is 1.22 bits per heavy atom. The van der Waals surface area contributed by atoms with E-state index < -0.39 is 0 Å². The van der Waals surface area contributed by atoms with Crippen LogP contribution in [0.3, 0.4) is 0 Å². The molecule has 1 aromatic carbocycles. The van der Waals surface area contributed by atoms with Gasteiger partial charge in [0.1, 0.15) is 5.76 Å². The smallest absolute Gasteiger partial charge is 0.143 e. The maximum Gasteiger partial charge on any atom is 0.143 e. The number of rotatable bonds is 2. The van der Waals surface area contributed by atoms with E-state index in [1.165, 1.54) is 5.39 Å². The van der Waals surface area contributed by atoms with Crippen molar-refractivity contribution in [1.82, 2.24) is 10.1 Å². The average molecular weight is 240 g/mol. The quantitative estimate of drug-likeness (QED) is 0.727. The van der Waals surface area contributed by atoms with Crippen LogP contribution in [0, 0.1) is 6.92 Å². The molecule has 1 N–H and O–H groups in total. The molecule has 0 fully saturated rings. The molecule has 3 nitrogen and oxygen atoms in total. The van der Waals surface area contributed by atoms with E-state index in [1.54, 1.807) is 0 Å². The summed E-state index contributed by atoms with van der Waals surface area (Å²) in [5.41, 5.74) is 4.33. The van der Waals surface area contributed by atoms with Gasteiger partial charge in [-0.25, -0.2) is 0 Å². The Labute approximate surface area is 106 Å². The Bertz CT molecular complexity index is 658. The van der Waals surface area contributed by atoms with E-state index in [2.05, 4.69) is 42.2 Å². The second kappa shape index (κ2) is 4.02. The molecule has 0 saturated carbocycles. The number of hydrogen-bond acceptors (Lipinski definition) is 2. The molecule has 2 heterocycles. The fourth-order valence-corrected chi connectivity index (χ4v) is 2.32. The molecule has 0 radical (unpaired) electrons. The third-order valence-electron chi connectivity index (χ3n) is 3.24. The van der Waals surface area contributed by atoms with Crippen molar-refractivity contribution in [3.05, 3.63) is 41.8 Å². The molecular formula is C15H16N2O. The number of para-hydroxylation sites is 1. The van der Waals surface area contributed by atoms with Crippen molar-refractivity contribution in [3.8, 4) is 11.3 Å². The Hall–Kier alpha value is -2.03. The Kier molecular flexibility index (Phi) is 2.47. The standard InChI is InChI=1S/C15H16N2O/c1-9(2)15-14(10(3)18-17-15)13-8-11-6-4-5-7-12(11)16-13/h4-9,16H,1-3H3. The summed E-state index contributed by atoms with van der Waals surface area (Å²) >= 11 is 0. The maximum absolute atomic E-state index is 5.34. The SMILES string of the molecule is Cc1onc(C(C)C)c1-c1cc2ccccc2[nH]1. The summed E-state index contributed by atoms with van der Waals surface area (Å²) in [5.74, 6) is 1.22. The number of aromatic amines is 1. The first-order valence-corrected chi connectivity index (χ1v) is 6.21. The molecule has 0 atom stereocenters. The summed E-state index contributed by atoms with van der Waals surface area (Å²) in [7, 11) is 0. The van der Waals surface area contributed by atoms with Gasteiger partial charge in [-0.3, -0.25) is 0 Å². The fraction of sp³-hybridized carbons (Fsp3) is 0.267. The first-order chi connectivity index (χ1) is 8.66. The third kappa shape index (κ3) is 1.63. The largest absolute Gasteiger partial charge is 0.361 e. The van der Waals surface area contributed by atoms with E-state index in [0.717, 1.165) is 28.2 Å². The lowest BCUT2D eigenvalue weighted by Gasteiger charge is -2.02. The maximum atomic E-state index is 5.34. The molecule has 0 saturated heterocycles. The van der Waals surface area contributed by atoms with E-state index >= 15 is 0 Å². The normalized spacial score (nSPS) is 11.6. The Balaban J connectivity index is 2.22. The minimum Gasteiger partial charge on any atom is -0.361 e. The monoisotopic (exact) mass is 240 g/mol. The van der Waals surface area contributed by atoms with Gasteiger partial charge in [-0.05, 0) is 25.0 Å². The van der Waals surface area contributed by atoms with Crippen molar-refractivity contribution in [2.24, 2.45) is 0 Å². The van der Waals surface area contributed by atoms with Gasteiger partial charge in [0, 0.05) is 10.9 Å². The lowest BCUT2D eigenvalue weighted by atomic mass is 10.0.